The van der Waals surface area contributed by atoms with Crippen molar-refractivity contribution in [1.82, 2.24) is 14.8 Å². The van der Waals surface area contributed by atoms with E-state index in [1.165, 1.54) is 16.9 Å². The minimum atomic E-state index is -0.513. The third kappa shape index (κ3) is 5.03. The minimum Gasteiger partial charge on any atom is -0.386 e. The lowest BCUT2D eigenvalue weighted by molar-refractivity contribution is -0.130. The molecule has 0 saturated carbocycles. The van der Waals surface area contributed by atoms with Crippen LogP contribution in [0.4, 0.5) is 5.69 Å². The molecule has 140 valence electrons. The highest BCUT2D eigenvalue weighted by atomic mass is 32.1. The summed E-state index contributed by atoms with van der Waals surface area (Å²) in [7, 11) is 0. The van der Waals surface area contributed by atoms with Crippen molar-refractivity contribution in [2.75, 3.05) is 31.5 Å². The molecule has 26 heavy (non-hydrogen) atoms. The van der Waals surface area contributed by atoms with E-state index in [1.54, 1.807) is 13.8 Å². The van der Waals surface area contributed by atoms with Gasteiger partial charge in [-0.3, -0.25) is 9.69 Å². The lowest BCUT2D eigenvalue weighted by atomic mass is 10.1. The van der Waals surface area contributed by atoms with Crippen molar-refractivity contribution < 1.29 is 9.90 Å². The molecule has 1 aliphatic rings. The summed E-state index contributed by atoms with van der Waals surface area (Å²) < 4.78 is 0. The number of piperazine rings is 1. The second-order valence-corrected chi connectivity index (χ2v) is 7.82. The summed E-state index contributed by atoms with van der Waals surface area (Å²) in [6.45, 7) is 8.42. The van der Waals surface area contributed by atoms with Gasteiger partial charge < -0.3 is 15.3 Å². The normalized spacial score (nSPS) is 16.5. The van der Waals surface area contributed by atoms with Crippen LogP contribution in [0.25, 0.3) is 0 Å². The number of aliphatic hydroxyl groups is 1. The minimum absolute atomic E-state index is 0.165. The van der Waals surface area contributed by atoms with Crippen LogP contribution >= 0.6 is 11.3 Å². The van der Waals surface area contributed by atoms with E-state index in [2.05, 4.69) is 39.5 Å². The van der Waals surface area contributed by atoms with Crippen LogP contribution in [0.2, 0.25) is 0 Å². The smallest absolute Gasteiger partial charge is 0.219 e. The number of hydrogen-bond acceptors (Lipinski definition) is 6. The van der Waals surface area contributed by atoms with E-state index in [0.717, 1.165) is 48.3 Å². The van der Waals surface area contributed by atoms with Crippen molar-refractivity contribution in [2.24, 2.45) is 0 Å². The SMILES string of the molecule is CC(=O)N1CCN(Cc2cccc(NCc3cnc([C@H](C)O)s3)c2)CC1. The predicted octanol–water partition coefficient (Wildman–Crippen LogP) is 2.47. The van der Waals surface area contributed by atoms with E-state index in [4.69, 9.17) is 0 Å². The fraction of sp³-hybridized carbons (Fsp3) is 0.474. The number of hydrogen-bond donors (Lipinski definition) is 2. The molecule has 2 heterocycles. The standard InChI is InChI=1S/C19H26N4O2S/c1-14(24)19-21-12-18(26-19)11-20-17-5-3-4-16(10-17)13-22-6-8-23(9-7-22)15(2)25/h3-5,10,12,14,20,24H,6-9,11,13H2,1-2H3/t14-/m0/s1. The van der Waals surface area contributed by atoms with Gasteiger partial charge in [0.2, 0.25) is 5.91 Å². The highest BCUT2D eigenvalue weighted by Crippen LogP contribution is 2.21. The average Bonchev–Trinajstić information content (AvgIpc) is 3.10. The van der Waals surface area contributed by atoms with E-state index in [9.17, 15) is 9.90 Å². The van der Waals surface area contributed by atoms with Gasteiger partial charge in [-0.25, -0.2) is 4.98 Å². The summed E-state index contributed by atoms with van der Waals surface area (Å²) in [6, 6.07) is 8.44. The van der Waals surface area contributed by atoms with Crippen LogP contribution in [0.3, 0.4) is 0 Å². The van der Waals surface area contributed by atoms with Gasteiger partial charge in [-0.05, 0) is 24.6 Å². The predicted molar refractivity (Wildman–Crippen MR) is 104 cm³/mol. The maximum absolute atomic E-state index is 11.4. The number of rotatable bonds is 6. The number of anilines is 1. The van der Waals surface area contributed by atoms with Gasteiger partial charge in [0.1, 0.15) is 11.1 Å². The molecule has 0 bridgehead atoms. The van der Waals surface area contributed by atoms with Crippen molar-refractivity contribution in [3.8, 4) is 0 Å². The molecule has 0 spiro atoms. The van der Waals surface area contributed by atoms with Crippen LogP contribution in [-0.4, -0.2) is 52.0 Å². The van der Waals surface area contributed by atoms with Crippen LogP contribution in [0.15, 0.2) is 30.5 Å². The summed E-state index contributed by atoms with van der Waals surface area (Å²) in [5, 5.41) is 13.7. The van der Waals surface area contributed by atoms with Gasteiger partial charge in [-0.15, -0.1) is 11.3 Å². The van der Waals surface area contributed by atoms with Crippen molar-refractivity contribution >= 4 is 22.9 Å². The molecule has 0 aliphatic carbocycles. The Morgan fingerprint density at radius 2 is 2.12 bits per heavy atom. The highest BCUT2D eigenvalue weighted by molar-refractivity contribution is 7.11. The Morgan fingerprint density at radius 1 is 1.35 bits per heavy atom. The van der Waals surface area contributed by atoms with E-state index in [1.807, 2.05) is 11.1 Å². The Hall–Kier alpha value is -1.96. The van der Waals surface area contributed by atoms with Crippen molar-refractivity contribution in [3.05, 3.63) is 45.9 Å². The molecule has 1 aromatic heterocycles. The number of nitrogens with one attached hydrogen (secondary N) is 1. The summed E-state index contributed by atoms with van der Waals surface area (Å²) in [5.74, 6) is 0.165. The molecule has 0 radical (unpaired) electrons. The van der Waals surface area contributed by atoms with Gasteiger partial charge in [-0.2, -0.15) is 0 Å². The van der Waals surface area contributed by atoms with E-state index >= 15 is 0 Å². The van der Waals surface area contributed by atoms with Crippen LogP contribution in [-0.2, 0) is 17.9 Å². The Labute approximate surface area is 158 Å². The number of benzene rings is 1. The summed E-state index contributed by atoms with van der Waals surface area (Å²) in [6.07, 6.45) is 1.30. The number of carbonyl (C=O) groups excluding carboxylic acids is 1. The molecule has 7 heteroatoms. The average molecular weight is 375 g/mol. The number of amides is 1. The zero-order chi connectivity index (χ0) is 18.5. The van der Waals surface area contributed by atoms with Crippen molar-refractivity contribution in [3.63, 3.8) is 0 Å². The fourth-order valence-electron chi connectivity index (χ4n) is 3.05. The Bertz CT molecular complexity index is 739. The molecule has 1 atom stereocenters. The molecule has 6 nitrogen and oxygen atoms in total. The van der Waals surface area contributed by atoms with Crippen molar-refractivity contribution in [2.45, 2.75) is 33.0 Å². The van der Waals surface area contributed by atoms with Crippen LogP contribution in [0.1, 0.15) is 35.4 Å². The quantitative estimate of drug-likeness (QED) is 0.813. The number of carbonyl (C=O) groups is 1. The first-order valence-corrected chi connectivity index (χ1v) is 9.76. The molecular formula is C19H26N4O2S. The third-order valence-corrected chi connectivity index (χ3v) is 5.71. The molecule has 1 amide bonds. The molecule has 1 fully saturated rings. The largest absolute Gasteiger partial charge is 0.386 e. The second kappa shape index (κ2) is 8.62. The lowest BCUT2D eigenvalue weighted by Gasteiger charge is -2.34. The van der Waals surface area contributed by atoms with Crippen LogP contribution in [0, 0.1) is 0 Å². The molecule has 2 N–H and O–H groups in total. The van der Waals surface area contributed by atoms with E-state index in [0.29, 0.717) is 6.54 Å². The van der Waals surface area contributed by atoms with Gasteiger partial charge in [0.15, 0.2) is 0 Å². The Morgan fingerprint density at radius 3 is 2.77 bits per heavy atom. The van der Waals surface area contributed by atoms with Crippen molar-refractivity contribution in [1.29, 1.82) is 0 Å². The van der Waals surface area contributed by atoms with Crippen LogP contribution in [0.5, 0.6) is 0 Å². The number of nitrogens with zero attached hydrogens (tertiary/aromatic N) is 3. The number of aromatic nitrogens is 1. The molecule has 3 rings (SSSR count). The topological polar surface area (TPSA) is 68.7 Å². The monoisotopic (exact) mass is 374 g/mol. The molecular weight excluding hydrogens is 348 g/mol. The van der Waals surface area contributed by atoms with Gasteiger partial charge in [0, 0.05) is 56.4 Å². The Balaban J connectivity index is 1.52. The molecule has 1 saturated heterocycles. The summed E-state index contributed by atoms with van der Waals surface area (Å²) in [5.41, 5.74) is 2.34. The van der Waals surface area contributed by atoms with Gasteiger partial charge in [-0.1, -0.05) is 12.1 Å². The lowest BCUT2D eigenvalue weighted by Crippen LogP contribution is -2.47. The summed E-state index contributed by atoms with van der Waals surface area (Å²) >= 11 is 1.53. The number of aliphatic hydroxyl groups excluding tert-OH is 1. The summed E-state index contributed by atoms with van der Waals surface area (Å²) in [4.78, 5) is 21.0. The maximum atomic E-state index is 11.4. The molecule has 0 unspecified atom stereocenters. The molecule has 1 aromatic carbocycles. The van der Waals surface area contributed by atoms with Gasteiger partial charge in [0.05, 0.1) is 6.54 Å². The zero-order valence-electron chi connectivity index (χ0n) is 15.3. The van der Waals surface area contributed by atoms with Crippen LogP contribution < -0.4 is 5.32 Å². The highest BCUT2D eigenvalue weighted by Gasteiger charge is 2.18. The number of thiazole rings is 1. The Kier molecular flexibility index (Phi) is 6.24. The first kappa shape index (κ1) is 18.8. The van der Waals surface area contributed by atoms with Gasteiger partial charge in [0.25, 0.3) is 0 Å². The van der Waals surface area contributed by atoms with Gasteiger partial charge >= 0.3 is 0 Å². The second-order valence-electron chi connectivity index (χ2n) is 6.68. The molecule has 2 aromatic rings. The fourth-order valence-corrected chi connectivity index (χ4v) is 3.84. The first-order chi connectivity index (χ1) is 12.5. The first-order valence-electron chi connectivity index (χ1n) is 8.94. The maximum Gasteiger partial charge on any atom is 0.219 e. The van der Waals surface area contributed by atoms with E-state index in [-0.39, 0.29) is 5.91 Å². The zero-order valence-corrected chi connectivity index (χ0v) is 16.1. The molecule has 1 aliphatic heterocycles. The van der Waals surface area contributed by atoms with E-state index < -0.39 is 6.10 Å². The third-order valence-electron chi connectivity index (χ3n) is 4.55.